The van der Waals surface area contributed by atoms with Crippen LogP contribution in [0.1, 0.15) is 11.1 Å². The van der Waals surface area contributed by atoms with Crippen LogP contribution >= 0.6 is 0 Å². The van der Waals surface area contributed by atoms with Crippen LogP contribution in [0.3, 0.4) is 0 Å². The van der Waals surface area contributed by atoms with E-state index in [1.165, 1.54) is 10.9 Å². The van der Waals surface area contributed by atoms with Crippen LogP contribution in [0.15, 0.2) is 49.2 Å². The van der Waals surface area contributed by atoms with E-state index in [0.717, 1.165) is 16.7 Å². The maximum Gasteiger partial charge on any atom is 0.134 e. The van der Waals surface area contributed by atoms with Gasteiger partial charge in [0.2, 0.25) is 0 Å². The fourth-order valence-corrected chi connectivity index (χ4v) is 2.92. The molecule has 0 atom stereocenters. The van der Waals surface area contributed by atoms with Crippen molar-refractivity contribution in [3.05, 3.63) is 60.3 Å². The Hall–Kier alpha value is -2.88. The molecule has 3 aromatic rings. The molecule has 0 saturated carbocycles. The summed E-state index contributed by atoms with van der Waals surface area (Å²) >= 11 is 0. The molecule has 0 amide bonds. The molecule has 124 valence electrons. The first-order chi connectivity index (χ1) is 11.6. The summed E-state index contributed by atoms with van der Waals surface area (Å²) in [5.74, 6) is 2.02. The highest BCUT2D eigenvalue weighted by atomic mass is 16.5. The molecule has 2 aromatic carbocycles. The maximum absolute atomic E-state index is 5.54. The number of nitrogens with zero attached hydrogens (tertiary/aromatic N) is 1. The molecular weight excluding hydrogens is 302 g/mol. The van der Waals surface area contributed by atoms with E-state index in [0.29, 0.717) is 17.2 Å². The Balaban J connectivity index is 2.13. The quantitative estimate of drug-likeness (QED) is 0.703. The van der Waals surface area contributed by atoms with Gasteiger partial charge in [-0.2, -0.15) is 0 Å². The third-order valence-corrected chi connectivity index (χ3v) is 4.25. The number of fused-ring (bicyclic) bond motifs is 1. The van der Waals surface area contributed by atoms with Crippen molar-refractivity contribution in [1.29, 1.82) is 0 Å². The van der Waals surface area contributed by atoms with E-state index >= 15 is 0 Å². The van der Waals surface area contributed by atoms with Gasteiger partial charge < -0.3 is 18.8 Å². The third kappa shape index (κ3) is 2.60. The van der Waals surface area contributed by atoms with Crippen molar-refractivity contribution in [2.45, 2.75) is 0 Å². The molecule has 0 fully saturated rings. The molecule has 1 heterocycles. The monoisotopic (exact) mass is 323 g/mol. The number of methoxy groups -OCH3 is 3. The second kappa shape index (κ2) is 6.32. The number of benzene rings is 2. The minimum Gasteiger partial charge on any atom is -0.496 e. The number of ether oxygens (including phenoxy) is 3. The van der Waals surface area contributed by atoms with Gasteiger partial charge in [-0.25, -0.2) is 0 Å². The Morgan fingerprint density at radius 1 is 0.917 bits per heavy atom. The summed E-state index contributed by atoms with van der Waals surface area (Å²) in [6.07, 6.45) is 2.05. The van der Waals surface area contributed by atoms with E-state index in [4.69, 9.17) is 14.2 Å². The molecule has 24 heavy (non-hydrogen) atoms. The molecule has 4 nitrogen and oxygen atoms in total. The van der Waals surface area contributed by atoms with Crippen LogP contribution in [0, 0.1) is 0 Å². The Morgan fingerprint density at radius 2 is 1.58 bits per heavy atom. The van der Waals surface area contributed by atoms with E-state index in [9.17, 15) is 0 Å². The lowest BCUT2D eigenvalue weighted by Gasteiger charge is -2.17. The van der Waals surface area contributed by atoms with Crippen LogP contribution in [-0.2, 0) is 7.05 Å². The SMILES string of the molecule is C=C(c1ccc2c(ccn2C)c1)c1c(OC)cc(OC)cc1OC. The second-order valence-electron chi connectivity index (χ2n) is 5.59. The Morgan fingerprint density at radius 3 is 2.17 bits per heavy atom. The van der Waals surface area contributed by atoms with Crippen LogP contribution < -0.4 is 14.2 Å². The second-order valence-corrected chi connectivity index (χ2v) is 5.59. The van der Waals surface area contributed by atoms with E-state index in [-0.39, 0.29) is 0 Å². The van der Waals surface area contributed by atoms with Gasteiger partial charge in [0.25, 0.3) is 0 Å². The van der Waals surface area contributed by atoms with Gasteiger partial charge in [0.15, 0.2) is 0 Å². The van der Waals surface area contributed by atoms with Crippen molar-refractivity contribution >= 4 is 16.5 Å². The molecule has 0 aliphatic rings. The van der Waals surface area contributed by atoms with Gasteiger partial charge in [-0.1, -0.05) is 12.6 Å². The summed E-state index contributed by atoms with van der Waals surface area (Å²) in [7, 11) is 6.91. The topological polar surface area (TPSA) is 32.6 Å². The van der Waals surface area contributed by atoms with Crippen molar-refractivity contribution in [3.63, 3.8) is 0 Å². The van der Waals surface area contributed by atoms with E-state index in [2.05, 4.69) is 35.4 Å². The molecule has 0 aliphatic heterocycles. The summed E-state index contributed by atoms with van der Waals surface area (Å²) in [5, 5.41) is 1.17. The lowest BCUT2D eigenvalue weighted by atomic mass is 9.96. The number of aryl methyl sites for hydroxylation is 1. The van der Waals surface area contributed by atoms with Crippen molar-refractivity contribution in [3.8, 4) is 17.2 Å². The van der Waals surface area contributed by atoms with Crippen molar-refractivity contribution in [2.24, 2.45) is 7.05 Å². The summed E-state index contributed by atoms with van der Waals surface area (Å²) in [6.45, 7) is 4.27. The zero-order valence-corrected chi connectivity index (χ0v) is 14.4. The number of hydrogen-bond donors (Lipinski definition) is 0. The van der Waals surface area contributed by atoms with E-state index in [1.54, 1.807) is 21.3 Å². The van der Waals surface area contributed by atoms with E-state index < -0.39 is 0 Å². The van der Waals surface area contributed by atoms with Crippen LogP contribution in [0.5, 0.6) is 17.2 Å². The highest BCUT2D eigenvalue weighted by molar-refractivity contribution is 5.90. The molecule has 0 radical (unpaired) electrons. The summed E-state index contributed by atoms with van der Waals surface area (Å²) in [6, 6.07) is 12.1. The van der Waals surface area contributed by atoms with Gasteiger partial charge in [-0.3, -0.25) is 0 Å². The van der Waals surface area contributed by atoms with Gasteiger partial charge in [-0.15, -0.1) is 0 Å². The normalized spacial score (nSPS) is 10.7. The van der Waals surface area contributed by atoms with Crippen LogP contribution in [0.2, 0.25) is 0 Å². The average Bonchev–Trinajstić information content (AvgIpc) is 3.00. The third-order valence-electron chi connectivity index (χ3n) is 4.25. The zero-order chi connectivity index (χ0) is 17.3. The minimum absolute atomic E-state index is 0.671. The Labute approximate surface area is 141 Å². The average molecular weight is 323 g/mol. The summed E-state index contributed by atoms with van der Waals surface area (Å²) < 4.78 is 18.5. The summed E-state index contributed by atoms with van der Waals surface area (Å²) in [5.41, 5.74) is 3.88. The first kappa shape index (κ1) is 16.0. The molecule has 0 aliphatic carbocycles. The number of rotatable bonds is 5. The largest absolute Gasteiger partial charge is 0.496 e. The molecule has 0 unspecified atom stereocenters. The van der Waals surface area contributed by atoms with Crippen LogP contribution in [0.4, 0.5) is 0 Å². The molecule has 3 rings (SSSR count). The molecule has 0 bridgehead atoms. The molecule has 0 spiro atoms. The van der Waals surface area contributed by atoms with Crippen molar-refractivity contribution < 1.29 is 14.2 Å². The first-order valence-electron chi connectivity index (χ1n) is 7.63. The van der Waals surface area contributed by atoms with Gasteiger partial charge in [0, 0.05) is 36.3 Å². The van der Waals surface area contributed by atoms with Gasteiger partial charge >= 0.3 is 0 Å². The molecule has 0 N–H and O–H groups in total. The van der Waals surface area contributed by atoms with E-state index in [1.807, 2.05) is 25.4 Å². The predicted molar refractivity (Wildman–Crippen MR) is 97.2 cm³/mol. The highest BCUT2D eigenvalue weighted by Crippen LogP contribution is 2.41. The fourth-order valence-electron chi connectivity index (χ4n) is 2.92. The van der Waals surface area contributed by atoms with Crippen molar-refractivity contribution in [1.82, 2.24) is 4.57 Å². The Bertz CT molecular complexity index is 883. The van der Waals surface area contributed by atoms with Gasteiger partial charge in [-0.05, 0) is 29.3 Å². The lowest BCUT2D eigenvalue weighted by Crippen LogP contribution is -1.98. The van der Waals surface area contributed by atoms with Crippen LogP contribution in [0.25, 0.3) is 16.5 Å². The van der Waals surface area contributed by atoms with Crippen molar-refractivity contribution in [2.75, 3.05) is 21.3 Å². The number of aromatic nitrogens is 1. The lowest BCUT2D eigenvalue weighted by molar-refractivity contribution is 0.374. The minimum atomic E-state index is 0.671. The van der Waals surface area contributed by atoms with Gasteiger partial charge in [0.1, 0.15) is 17.2 Å². The van der Waals surface area contributed by atoms with Gasteiger partial charge in [0.05, 0.1) is 26.9 Å². The highest BCUT2D eigenvalue weighted by Gasteiger charge is 2.17. The smallest absolute Gasteiger partial charge is 0.134 e. The first-order valence-corrected chi connectivity index (χ1v) is 7.63. The standard InChI is InChI=1S/C20H21NO3/c1-13(14-6-7-17-15(10-14)8-9-21(17)2)20-18(23-4)11-16(22-3)12-19(20)24-5/h6-12H,1H2,2-5H3. The maximum atomic E-state index is 5.54. The molecule has 0 saturated heterocycles. The molecule has 1 aromatic heterocycles. The Kier molecular flexibility index (Phi) is 4.21. The molecule has 4 heteroatoms. The fraction of sp³-hybridized carbons (Fsp3) is 0.200. The zero-order valence-electron chi connectivity index (χ0n) is 14.4. The number of hydrogen-bond acceptors (Lipinski definition) is 3. The molecular formula is C20H21NO3. The predicted octanol–water partition coefficient (Wildman–Crippen LogP) is 4.27. The summed E-state index contributed by atoms with van der Waals surface area (Å²) in [4.78, 5) is 0. The van der Waals surface area contributed by atoms with Crippen LogP contribution in [-0.4, -0.2) is 25.9 Å².